The van der Waals surface area contributed by atoms with Crippen LogP contribution in [0.1, 0.15) is 19.4 Å². The molecule has 1 aromatic carbocycles. The van der Waals surface area contributed by atoms with Crippen molar-refractivity contribution in [3.05, 3.63) is 23.8 Å². The normalized spacial score (nSPS) is 20.4. The van der Waals surface area contributed by atoms with Crippen LogP contribution in [0.15, 0.2) is 18.2 Å². The Bertz CT molecular complexity index is 508. The molecule has 1 atom stereocenters. The quantitative estimate of drug-likeness (QED) is 0.779. The minimum Gasteiger partial charge on any atom is -0.494 e. The molecule has 1 aliphatic rings. The van der Waals surface area contributed by atoms with Crippen molar-refractivity contribution in [2.24, 2.45) is 0 Å². The molecule has 1 fully saturated rings. The van der Waals surface area contributed by atoms with E-state index in [0.29, 0.717) is 24.8 Å². The Balaban J connectivity index is 2.02. The highest BCUT2D eigenvalue weighted by atomic mass is 19.4. The van der Waals surface area contributed by atoms with Crippen LogP contribution in [0.4, 0.5) is 12.9 Å². The maximum absolute atomic E-state index is 13.1. The van der Waals surface area contributed by atoms with Crippen LogP contribution in [0, 0.1) is 6.92 Å². The third kappa shape index (κ3) is 4.40. The van der Waals surface area contributed by atoms with E-state index in [1.165, 1.54) is 6.07 Å². The monoisotopic (exact) mass is 316 g/mol. The lowest BCUT2D eigenvalue weighted by Crippen LogP contribution is -2.48. The first-order valence-corrected chi connectivity index (χ1v) is 7.56. The lowest BCUT2D eigenvalue weighted by molar-refractivity contribution is -0.0563. The van der Waals surface area contributed by atoms with Crippen molar-refractivity contribution in [3.8, 4) is 5.75 Å². The second kappa shape index (κ2) is 6.92. The van der Waals surface area contributed by atoms with Crippen LogP contribution >= 0.6 is 0 Å². The Morgan fingerprint density at radius 3 is 2.73 bits per heavy atom. The standard InChI is InChI=1S/C15H22BF3NO2/c1-11(2)20-6-7-21-13(9-20)10-22-15-5-4-12(3)8-14(15)16(17,18)19/h4-5,8,11,13H,6-7,9-10H2,1-3H3/q-1. The molecule has 2 rings (SSSR count). The largest absolute Gasteiger partial charge is 0.513 e. The average Bonchev–Trinajstić information content (AvgIpc) is 2.45. The molecule has 7 heteroatoms. The summed E-state index contributed by atoms with van der Waals surface area (Å²) in [6.45, 7) is 2.96. The van der Waals surface area contributed by atoms with E-state index in [0.717, 1.165) is 12.6 Å². The predicted octanol–water partition coefficient (Wildman–Crippen LogP) is 2.54. The van der Waals surface area contributed by atoms with Crippen LogP contribution in [-0.2, 0) is 4.74 Å². The van der Waals surface area contributed by atoms with Gasteiger partial charge in [0.05, 0.1) is 12.4 Å². The summed E-state index contributed by atoms with van der Waals surface area (Å²) >= 11 is 0. The van der Waals surface area contributed by atoms with E-state index in [4.69, 9.17) is 9.47 Å². The zero-order valence-electron chi connectivity index (χ0n) is 13.2. The second-order valence-electron chi connectivity index (χ2n) is 6.01. The fourth-order valence-electron chi connectivity index (χ4n) is 2.55. The van der Waals surface area contributed by atoms with E-state index in [1.807, 2.05) is 0 Å². The summed E-state index contributed by atoms with van der Waals surface area (Å²) in [6.07, 6.45) is -0.203. The highest BCUT2D eigenvalue weighted by molar-refractivity contribution is 6.74. The van der Waals surface area contributed by atoms with Gasteiger partial charge < -0.3 is 22.4 Å². The number of aryl methyl sites for hydroxylation is 1. The van der Waals surface area contributed by atoms with Crippen molar-refractivity contribution in [3.63, 3.8) is 0 Å². The first kappa shape index (κ1) is 17.2. The van der Waals surface area contributed by atoms with Crippen LogP contribution in [-0.4, -0.2) is 50.3 Å². The molecule has 0 bridgehead atoms. The van der Waals surface area contributed by atoms with Crippen LogP contribution < -0.4 is 10.2 Å². The zero-order valence-corrected chi connectivity index (χ0v) is 13.2. The van der Waals surface area contributed by atoms with E-state index in [-0.39, 0.29) is 18.5 Å². The van der Waals surface area contributed by atoms with Crippen molar-refractivity contribution in [2.75, 3.05) is 26.3 Å². The van der Waals surface area contributed by atoms with Crippen LogP contribution in [0.3, 0.4) is 0 Å². The fourth-order valence-corrected chi connectivity index (χ4v) is 2.55. The van der Waals surface area contributed by atoms with Crippen LogP contribution in [0.2, 0.25) is 0 Å². The first-order chi connectivity index (χ1) is 10.3. The Morgan fingerprint density at radius 1 is 1.36 bits per heavy atom. The van der Waals surface area contributed by atoms with E-state index in [1.54, 1.807) is 13.0 Å². The minimum atomic E-state index is -5.09. The molecule has 0 amide bonds. The van der Waals surface area contributed by atoms with E-state index in [2.05, 4.69) is 18.7 Å². The minimum absolute atomic E-state index is 0.108. The van der Waals surface area contributed by atoms with Gasteiger partial charge in [0.15, 0.2) is 0 Å². The molecule has 22 heavy (non-hydrogen) atoms. The number of halogens is 3. The summed E-state index contributed by atoms with van der Waals surface area (Å²) in [5.74, 6) is -0.108. The summed E-state index contributed by atoms with van der Waals surface area (Å²) in [5.41, 5.74) is -0.0991. The third-order valence-electron chi connectivity index (χ3n) is 3.84. The zero-order chi connectivity index (χ0) is 16.3. The number of benzene rings is 1. The molecule has 1 heterocycles. The molecular formula is C15H22BF3NO2-. The smallest absolute Gasteiger partial charge is 0.494 e. The van der Waals surface area contributed by atoms with Gasteiger partial charge in [-0.05, 0) is 26.8 Å². The number of nitrogens with zero attached hydrogens (tertiary/aromatic N) is 1. The molecule has 1 unspecified atom stereocenters. The van der Waals surface area contributed by atoms with Gasteiger partial charge in [-0.2, -0.15) is 0 Å². The average molecular weight is 316 g/mol. The topological polar surface area (TPSA) is 21.7 Å². The Hall–Kier alpha value is -1.21. The number of morpholine rings is 1. The highest BCUT2D eigenvalue weighted by Gasteiger charge is 2.30. The van der Waals surface area contributed by atoms with Gasteiger partial charge in [-0.15, -0.1) is 0 Å². The Kier molecular flexibility index (Phi) is 5.39. The summed E-state index contributed by atoms with van der Waals surface area (Å²) < 4.78 is 50.3. The summed E-state index contributed by atoms with van der Waals surface area (Å²) in [4.78, 5) is 2.24. The molecule has 0 N–H and O–H groups in total. The first-order valence-electron chi connectivity index (χ1n) is 7.56. The van der Waals surface area contributed by atoms with Gasteiger partial charge in [0, 0.05) is 19.1 Å². The van der Waals surface area contributed by atoms with Crippen molar-refractivity contribution in [1.82, 2.24) is 4.90 Å². The van der Waals surface area contributed by atoms with E-state index >= 15 is 0 Å². The van der Waals surface area contributed by atoms with Gasteiger partial charge in [-0.3, -0.25) is 4.90 Å². The molecule has 1 aliphatic heterocycles. The predicted molar refractivity (Wildman–Crippen MR) is 81.8 cm³/mol. The molecule has 0 aliphatic carbocycles. The van der Waals surface area contributed by atoms with Crippen LogP contribution in [0.25, 0.3) is 0 Å². The van der Waals surface area contributed by atoms with Gasteiger partial charge in [0.25, 0.3) is 0 Å². The fraction of sp³-hybridized carbons (Fsp3) is 0.600. The molecule has 124 valence electrons. The summed E-state index contributed by atoms with van der Waals surface area (Å²) in [7, 11) is 0. The molecule has 1 aromatic rings. The third-order valence-corrected chi connectivity index (χ3v) is 3.84. The van der Waals surface area contributed by atoms with Crippen molar-refractivity contribution in [2.45, 2.75) is 32.9 Å². The Morgan fingerprint density at radius 2 is 2.09 bits per heavy atom. The Labute approximate surface area is 129 Å². The van der Waals surface area contributed by atoms with Gasteiger partial charge in [0.2, 0.25) is 0 Å². The highest BCUT2D eigenvalue weighted by Crippen LogP contribution is 2.20. The number of ether oxygens (including phenoxy) is 2. The molecular weight excluding hydrogens is 294 g/mol. The lowest BCUT2D eigenvalue weighted by atomic mass is 9.78. The molecule has 0 radical (unpaired) electrons. The number of hydrogen-bond acceptors (Lipinski definition) is 3. The maximum Gasteiger partial charge on any atom is 0.513 e. The molecule has 3 nitrogen and oxygen atoms in total. The van der Waals surface area contributed by atoms with Gasteiger partial charge >= 0.3 is 6.98 Å². The van der Waals surface area contributed by atoms with Crippen molar-refractivity contribution < 1.29 is 22.4 Å². The SMILES string of the molecule is Cc1ccc(OCC2CN(C(C)C)CCO2)c([B-](F)(F)F)c1. The van der Waals surface area contributed by atoms with Crippen LogP contribution in [0.5, 0.6) is 5.75 Å². The maximum atomic E-state index is 13.1. The summed E-state index contributed by atoms with van der Waals surface area (Å²) in [6, 6.07) is 4.54. The molecule has 0 spiro atoms. The van der Waals surface area contributed by atoms with Crippen molar-refractivity contribution in [1.29, 1.82) is 0 Å². The number of rotatable bonds is 5. The molecule has 0 saturated carbocycles. The second-order valence-corrected chi connectivity index (χ2v) is 6.01. The van der Waals surface area contributed by atoms with E-state index in [9.17, 15) is 12.9 Å². The van der Waals surface area contributed by atoms with Gasteiger partial charge in [-0.25, -0.2) is 0 Å². The van der Waals surface area contributed by atoms with E-state index < -0.39 is 12.4 Å². The summed E-state index contributed by atoms with van der Waals surface area (Å²) in [5, 5.41) is 0. The lowest BCUT2D eigenvalue weighted by Gasteiger charge is -2.35. The van der Waals surface area contributed by atoms with Gasteiger partial charge in [-0.1, -0.05) is 23.2 Å². The molecule has 1 saturated heterocycles. The number of hydrogen-bond donors (Lipinski definition) is 0. The van der Waals surface area contributed by atoms with Gasteiger partial charge in [0.1, 0.15) is 12.7 Å². The van der Waals surface area contributed by atoms with Crippen molar-refractivity contribution >= 4 is 12.4 Å². The molecule has 0 aromatic heterocycles.